The molecule has 2 aliphatic heterocycles. The molecular weight excluding hydrogens is 250 g/mol. The summed E-state index contributed by atoms with van der Waals surface area (Å²) in [5.41, 5.74) is 1.28. The monoisotopic (exact) mass is 269 g/mol. The quantitative estimate of drug-likeness (QED) is 0.782. The Balaban J connectivity index is 0.00000120. The molecule has 2 aliphatic rings. The van der Waals surface area contributed by atoms with Crippen molar-refractivity contribution in [3.05, 3.63) is 23.8 Å². The minimum absolute atomic E-state index is 0. The number of piperidine rings is 1. The van der Waals surface area contributed by atoms with Gasteiger partial charge < -0.3 is 9.47 Å². The number of likely N-dealkylation sites (N-methyl/N-ethyl adjacent to an activating group) is 1. The number of rotatable bonds is 1. The SMILES string of the molecule is COc1cccc2c1[C@@H]1CCCN(C)[C@H]1CO2.Cl. The Morgan fingerprint density at radius 2 is 2.22 bits per heavy atom. The van der Waals surface area contributed by atoms with Gasteiger partial charge in [0.25, 0.3) is 0 Å². The van der Waals surface area contributed by atoms with Crippen LogP contribution in [-0.2, 0) is 0 Å². The first-order valence-electron chi connectivity index (χ1n) is 6.31. The van der Waals surface area contributed by atoms with E-state index in [9.17, 15) is 0 Å². The molecule has 0 saturated carbocycles. The molecule has 0 spiro atoms. The van der Waals surface area contributed by atoms with Crippen molar-refractivity contribution < 1.29 is 9.47 Å². The van der Waals surface area contributed by atoms with E-state index >= 15 is 0 Å². The summed E-state index contributed by atoms with van der Waals surface area (Å²) in [6.45, 7) is 1.98. The highest BCUT2D eigenvalue weighted by molar-refractivity contribution is 5.85. The lowest BCUT2D eigenvalue weighted by Crippen LogP contribution is -2.47. The lowest BCUT2D eigenvalue weighted by Gasteiger charge is -2.43. The molecule has 3 rings (SSSR count). The predicted octanol–water partition coefficient (Wildman–Crippen LogP) is 2.69. The van der Waals surface area contributed by atoms with Gasteiger partial charge in [-0.2, -0.15) is 0 Å². The van der Waals surface area contributed by atoms with Crippen molar-refractivity contribution in [2.75, 3.05) is 27.3 Å². The number of ether oxygens (including phenoxy) is 2. The molecule has 1 saturated heterocycles. The minimum Gasteiger partial charge on any atom is -0.496 e. The van der Waals surface area contributed by atoms with Crippen LogP contribution in [0.25, 0.3) is 0 Å². The third kappa shape index (κ3) is 2.06. The normalized spacial score (nSPS) is 26.3. The van der Waals surface area contributed by atoms with Crippen molar-refractivity contribution in [3.8, 4) is 11.5 Å². The fourth-order valence-electron chi connectivity index (χ4n) is 3.17. The molecule has 0 radical (unpaired) electrons. The van der Waals surface area contributed by atoms with Gasteiger partial charge in [0.2, 0.25) is 0 Å². The van der Waals surface area contributed by atoms with Crippen molar-refractivity contribution >= 4 is 12.4 Å². The molecule has 0 aliphatic carbocycles. The van der Waals surface area contributed by atoms with Gasteiger partial charge in [0.15, 0.2) is 0 Å². The number of hydrogen-bond donors (Lipinski definition) is 0. The lowest BCUT2D eigenvalue weighted by atomic mass is 9.81. The molecule has 100 valence electrons. The lowest BCUT2D eigenvalue weighted by molar-refractivity contribution is 0.0853. The third-order valence-corrected chi connectivity index (χ3v) is 4.08. The third-order valence-electron chi connectivity index (χ3n) is 4.08. The molecule has 0 unspecified atom stereocenters. The maximum Gasteiger partial charge on any atom is 0.126 e. The van der Waals surface area contributed by atoms with Crippen LogP contribution in [0.5, 0.6) is 11.5 Å². The first kappa shape index (κ1) is 13.5. The Bertz CT molecular complexity index is 410. The Labute approximate surface area is 114 Å². The van der Waals surface area contributed by atoms with Crippen LogP contribution in [0, 0.1) is 0 Å². The summed E-state index contributed by atoms with van der Waals surface area (Å²) in [6, 6.07) is 6.61. The average Bonchev–Trinajstić information content (AvgIpc) is 2.38. The van der Waals surface area contributed by atoms with E-state index in [0.29, 0.717) is 12.0 Å². The molecular formula is C14H20ClNO2. The highest BCUT2D eigenvalue weighted by Gasteiger charge is 2.37. The van der Waals surface area contributed by atoms with Gasteiger partial charge in [0, 0.05) is 11.5 Å². The number of fused-ring (bicyclic) bond motifs is 3. The van der Waals surface area contributed by atoms with Gasteiger partial charge in [-0.25, -0.2) is 0 Å². The van der Waals surface area contributed by atoms with Crippen molar-refractivity contribution in [2.24, 2.45) is 0 Å². The molecule has 2 atom stereocenters. The molecule has 1 aromatic carbocycles. The van der Waals surface area contributed by atoms with E-state index in [0.717, 1.165) is 18.1 Å². The van der Waals surface area contributed by atoms with Crippen LogP contribution in [0.3, 0.4) is 0 Å². The summed E-state index contributed by atoms with van der Waals surface area (Å²) in [5, 5.41) is 0. The summed E-state index contributed by atoms with van der Waals surface area (Å²) < 4.78 is 11.4. The summed E-state index contributed by atoms with van der Waals surface area (Å²) in [4.78, 5) is 2.42. The van der Waals surface area contributed by atoms with Crippen LogP contribution >= 0.6 is 12.4 Å². The van der Waals surface area contributed by atoms with E-state index in [4.69, 9.17) is 9.47 Å². The maximum absolute atomic E-state index is 5.88. The molecule has 18 heavy (non-hydrogen) atoms. The maximum atomic E-state index is 5.88. The van der Waals surface area contributed by atoms with Crippen molar-refractivity contribution in [2.45, 2.75) is 24.8 Å². The number of benzene rings is 1. The fourth-order valence-corrected chi connectivity index (χ4v) is 3.17. The second-order valence-corrected chi connectivity index (χ2v) is 4.98. The van der Waals surface area contributed by atoms with Gasteiger partial charge in [0.1, 0.15) is 18.1 Å². The van der Waals surface area contributed by atoms with Crippen LogP contribution in [0.15, 0.2) is 18.2 Å². The first-order chi connectivity index (χ1) is 8.31. The average molecular weight is 270 g/mol. The van der Waals surface area contributed by atoms with E-state index in [-0.39, 0.29) is 12.4 Å². The van der Waals surface area contributed by atoms with E-state index in [1.54, 1.807) is 7.11 Å². The molecule has 0 N–H and O–H groups in total. The standard InChI is InChI=1S/C14H19NO2.ClH/c1-15-8-4-5-10-11(15)9-17-13-7-3-6-12(16-2)14(10)13;/h3,6-7,10-11H,4-5,8-9H2,1-2H3;1H/t10-,11+;/m1./s1. The van der Waals surface area contributed by atoms with Crippen LogP contribution in [0.2, 0.25) is 0 Å². The number of halogens is 1. The van der Waals surface area contributed by atoms with Crippen molar-refractivity contribution in [1.29, 1.82) is 0 Å². The zero-order chi connectivity index (χ0) is 11.8. The van der Waals surface area contributed by atoms with E-state index < -0.39 is 0 Å². The molecule has 1 aromatic rings. The van der Waals surface area contributed by atoms with Gasteiger partial charge in [-0.15, -0.1) is 12.4 Å². The molecule has 0 bridgehead atoms. The van der Waals surface area contributed by atoms with Crippen LogP contribution in [0.4, 0.5) is 0 Å². The molecule has 2 heterocycles. The Morgan fingerprint density at radius 1 is 1.39 bits per heavy atom. The zero-order valence-electron chi connectivity index (χ0n) is 10.9. The smallest absolute Gasteiger partial charge is 0.126 e. The highest BCUT2D eigenvalue weighted by atomic mass is 35.5. The Morgan fingerprint density at radius 3 is 3.00 bits per heavy atom. The van der Waals surface area contributed by atoms with Gasteiger partial charge in [0.05, 0.1) is 13.2 Å². The summed E-state index contributed by atoms with van der Waals surface area (Å²) >= 11 is 0. The number of hydrogen-bond acceptors (Lipinski definition) is 3. The molecule has 1 fully saturated rings. The summed E-state index contributed by atoms with van der Waals surface area (Å²) in [7, 11) is 3.94. The predicted molar refractivity (Wildman–Crippen MR) is 74.1 cm³/mol. The number of likely N-dealkylation sites (tertiary alicyclic amines) is 1. The van der Waals surface area contributed by atoms with E-state index in [1.807, 2.05) is 12.1 Å². The van der Waals surface area contributed by atoms with E-state index in [2.05, 4.69) is 18.0 Å². The van der Waals surface area contributed by atoms with Gasteiger partial charge in [-0.1, -0.05) is 6.07 Å². The highest BCUT2D eigenvalue weighted by Crippen LogP contribution is 2.45. The number of nitrogens with zero attached hydrogens (tertiary/aromatic N) is 1. The Hall–Kier alpha value is -0.930. The van der Waals surface area contributed by atoms with Crippen LogP contribution in [0.1, 0.15) is 24.3 Å². The molecule has 3 nitrogen and oxygen atoms in total. The van der Waals surface area contributed by atoms with Gasteiger partial charge in [-0.05, 0) is 38.6 Å². The van der Waals surface area contributed by atoms with Gasteiger partial charge >= 0.3 is 0 Å². The molecule has 0 amide bonds. The first-order valence-corrected chi connectivity index (χ1v) is 6.31. The second kappa shape index (κ2) is 5.37. The van der Waals surface area contributed by atoms with Gasteiger partial charge in [-0.3, -0.25) is 4.90 Å². The van der Waals surface area contributed by atoms with Crippen molar-refractivity contribution in [1.82, 2.24) is 4.90 Å². The second-order valence-electron chi connectivity index (χ2n) is 4.98. The summed E-state index contributed by atoms with van der Waals surface area (Å²) in [6.07, 6.45) is 2.50. The molecule has 4 heteroatoms. The Kier molecular flexibility index (Phi) is 4.03. The summed E-state index contributed by atoms with van der Waals surface area (Å²) in [5.74, 6) is 2.56. The van der Waals surface area contributed by atoms with Crippen molar-refractivity contribution in [3.63, 3.8) is 0 Å². The largest absolute Gasteiger partial charge is 0.496 e. The molecule has 0 aromatic heterocycles. The number of methoxy groups -OCH3 is 1. The zero-order valence-corrected chi connectivity index (χ0v) is 11.7. The topological polar surface area (TPSA) is 21.7 Å². The van der Waals surface area contributed by atoms with Crippen LogP contribution < -0.4 is 9.47 Å². The van der Waals surface area contributed by atoms with Crippen LogP contribution in [-0.4, -0.2) is 38.3 Å². The fraction of sp³-hybridized carbons (Fsp3) is 0.571. The van der Waals surface area contributed by atoms with E-state index in [1.165, 1.54) is 24.9 Å². The minimum atomic E-state index is 0.